The number of benzene rings is 1. The Morgan fingerprint density at radius 3 is 2.40 bits per heavy atom. The first kappa shape index (κ1) is 18.4. The lowest BCUT2D eigenvalue weighted by Gasteiger charge is -2.32. The van der Waals surface area contributed by atoms with Crippen LogP contribution in [0.15, 0.2) is 18.2 Å². The maximum atomic E-state index is 13.8. The number of carbonyl (C=O) groups excluding carboxylic acids is 1. The molecule has 1 N–H and O–H groups in total. The first-order valence-electron chi connectivity index (χ1n) is 9.11. The van der Waals surface area contributed by atoms with E-state index in [2.05, 4.69) is 5.32 Å². The molecule has 136 valence electrons. The topological polar surface area (TPSA) is 47.6 Å². The van der Waals surface area contributed by atoms with Crippen molar-refractivity contribution in [3.05, 3.63) is 29.6 Å². The first-order valence-corrected chi connectivity index (χ1v) is 9.11. The third kappa shape index (κ3) is 3.90. The van der Waals surface area contributed by atoms with Crippen LogP contribution < -0.4 is 10.8 Å². The highest BCUT2D eigenvalue weighted by molar-refractivity contribution is 6.62. The summed E-state index contributed by atoms with van der Waals surface area (Å²) in [5.74, 6) is -0.388. The highest BCUT2D eigenvalue weighted by Crippen LogP contribution is 2.36. The number of rotatable bonds is 4. The van der Waals surface area contributed by atoms with E-state index in [-0.39, 0.29) is 24.2 Å². The summed E-state index contributed by atoms with van der Waals surface area (Å²) in [6.45, 7) is 7.83. The summed E-state index contributed by atoms with van der Waals surface area (Å²) < 4.78 is 25.9. The number of carbonyl (C=O) groups is 1. The number of hydrogen-bond acceptors (Lipinski definition) is 3. The molecule has 0 bridgehead atoms. The lowest BCUT2D eigenvalue weighted by molar-refractivity contribution is -0.121. The van der Waals surface area contributed by atoms with Gasteiger partial charge >= 0.3 is 7.12 Å². The molecular formula is C19H27BFNO3. The minimum Gasteiger partial charge on any atom is -0.399 e. The molecule has 0 atom stereocenters. The predicted molar refractivity (Wildman–Crippen MR) is 96.2 cm³/mol. The Kier molecular flexibility index (Phi) is 4.95. The fourth-order valence-electron chi connectivity index (χ4n) is 3.44. The Bertz CT molecular complexity index is 640. The Balaban J connectivity index is 1.78. The molecule has 1 amide bonds. The number of hydrogen-bond donors (Lipinski definition) is 1. The molecule has 0 unspecified atom stereocenters. The minimum atomic E-state index is -0.671. The van der Waals surface area contributed by atoms with E-state index in [1.54, 1.807) is 6.07 Å². The van der Waals surface area contributed by atoms with Gasteiger partial charge in [0.25, 0.3) is 0 Å². The molecular weight excluding hydrogens is 320 g/mol. The molecule has 0 spiro atoms. The van der Waals surface area contributed by atoms with E-state index in [1.165, 1.54) is 25.0 Å². The monoisotopic (exact) mass is 347 g/mol. The van der Waals surface area contributed by atoms with Crippen molar-refractivity contribution < 1.29 is 18.5 Å². The molecule has 0 radical (unpaired) electrons. The van der Waals surface area contributed by atoms with Crippen molar-refractivity contribution in [3.8, 4) is 0 Å². The molecule has 1 saturated carbocycles. The molecule has 4 nitrogen and oxygen atoms in total. The molecule has 1 aromatic rings. The van der Waals surface area contributed by atoms with Crippen molar-refractivity contribution in [1.29, 1.82) is 0 Å². The standard InChI is InChI=1S/C19H27BFNO3/c1-18(2)19(3,4)25-20(24-18)16-12-14(21)10-9-13(16)11-17(23)22-15-7-5-6-8-15/h9-10,12,15H,5-8,11H2,1-4H3,(H,22,23). The van der Waals surface area contributed by atoms with Crippen molar-refractivity contribution in [3.63, 3.8) is 0 Å². The second-order valence-corrected chi connectivity index (χ2v) is 8.16. The van der Waals surface area contributed by atoms with E-state index in [1.807, 2.05) is 27.7 Å². The van der Waals surface area contributed by atoms with E-state index < -0.39 is 18.3 Å². The maximum absolute atomic E-state index is 13.8. The SMILES string of the molecule is CC1(C)OB(c2cc(F)ccc2CC(=O)NC2CCCC2)OC1(C)C. The molecule has 1 aliphatic carbocycles. The summed E-state index contributed by atoms with van der Waals surface area (Å²) in [5.41, 5.74) is 0.330. The van der Waals surface area contributed by atoms with E-state index in [4.69, 9.17) is 9.31 Å². The Morgan fingerprint density at radius 2 is 1.80 bits per heavy atom. The van der Waals surface area contributed by atoms with Gasteiger partial charge in [0.05, 0.1) is 17.6 Å². The van der Waals surface area contributed by atoms with Crippen LogP contribution in [-0.2, 0) is 20.5 Å². The summed E-state index contributed by atoms with van der Waals surface area (Å²) in [4.78, 5) is 12.4. The van der Waals surface area contributed by atoms with Crippen LogP contribution in [0.5, 0.6) is 0 Å². The van der Waals surface area contributed by atoms with Gasteiger partial charge in [0.15, 0.2) is 0 Å². The second-order valence-electron chi connectivity index (χ2n) is 8.16. The number of halogens is 1. The average molecular weight is 347 g/mol. The first-order chi connectivity index (χ1) is 11.7. The van der Waals surface area contributed by atoms with Crippen molar-refractivity contribution in [2.75, 3.05) is 0 Å². The third-order valence-corrected chi connectivity index (χ3v) is 5.69. The van der Waals surface area contributed by atoms with Crippen molar-refractivity contribution in [2.45, 2.75) is 77.0 Å². The quantitative estimate of drug-likeness (QED) is 0.852. The number of amides is 1. The molecule has 1 saturated heterocycles. The van der Waals surface area contributed by atoms with Gasteiger partial charge in [-0.2, -0.15) is 0 Å². The highest BCUT2D eigenvalue weighted by atomic mass is 19.1. The van der Waals surface area contributed by atoms with Crippen LogP contribution in [0.3, 0.4) is 0 Å². The zero-order chi connectivity index (χ0) is 18.2. The summed E-state index contributed by atoms with van der Waals surface area (Å²) >= 11 is 0. The Hall–Kier alpha value is -1.40. The second kappa shape index (κ2) is 6.73. The average Bonchev–Trinajstić information content (AvgIpc) is 3.07. The smallest absolute Gasteiger partial charge is 0.399 e. The summed E-state index contributed by atoms with van der Waals surface area (Å²) in [6.07, 6.45) is 4.62. The lowest BCUT2D eigenvalue weighted by atomic mass is 9.75. The van der Waals surface area contributed by atoms with Crippen LogP contribution in [0, 0.1) is 5.82 Å². The van der Waals surface area contributed by atoms with Gasteiger partial charge in [-0.25, -0.2) is 4.39 Å². The Labute approximate surface area is 149 Å². The van der Waals surface area contributed by atoms with Crippen LogP contribution in [0.1, 0.15) is 58.9 Å². The van der Waals surface area contributed by atoms with E-state index in [9.17, 15) is 9.18 Å². The van der Waals surface area contributed by atoms with E-state index >= 15 is 0 Å². The molecule has 1 aliphatic heterocycles. The van der Waals surface area contributed by atoms with Gasteiger partial charge < -0.3 is 14.6 Å². The van der Waals surface area contributed by atoms with Crippen LogP contribution >= 0.6 is 0 Å². The van der Waals surface area contributed by atoms with Gasteiger partial charge in [0.2, 0.25) is 5.91 Å². The largest absolute Gasteiger partial charge is 0.495 e. The van der Waals surface area contributed by atoms with E-state index in [0.717, 1.165) is 18.4 Å². The van der Waals surface area contributed by atoms with Crippen LogP contribution in [0.2, 0.25) is 0 Å². The lowest BCUT2D eigenvalue weighted by Crippen LogP contribution is -2.41. The molecule has 25 heavy (non-hydrogen) atoms. The van der Waals surface area contributed by atoms with Gasteiger partial charge in [0.1, 0.15) is 5.82 Å². The van der Waals surface area contributed by atoms with Gasteiger partial charge in [-0.1, -0.05) is 18.9 Å². The van der Waals surface area contributed by atoms with Gasteiger partial charge in [-0.15, -0.1) is 0 Å². The van der Waals surface area contributed by atoms with Gasteiger partial charge in [-0.3, -0.25) is 4.79 Å². The van der Waals surface area contributed by atoms with Crippen LogP contribution in [-0.4, -0.2) is 30.3 Å². The van der Waals surface area contributed by atoms with Crippen molar-refractivity contribution in [1.82, 2.24) is 5.32 Å². The minimum absolute atomic E-state index is 0.0312. The normalized spacial score (nSPS) is 22.4. The zero-order valence-electron chi connectivity index (χ0n) is 15.5. The molecule has 1 heterocycles. The molecule has 3 rings (SSSR count). The van der Waals surface area contributed by atoms with Gasteiger partial charge in [0, 0.05) is 6.04 Å². The molecule has 0 aromatic heterocycles. The van der Waals surface area contributed by atoms with Gasteiger partial charge in [-0.05, 0) is 63.7 Å². The zero-order valence-corrected chi connectivity index (χ0v) is 15.5. The maximum Gasteiger partial charge on any atom is 0.495 e. The van der Waals surface area contributed by atoms with Crippen molar-refractivity contribution >= 4 is 18.5 Å². The summed E-state index contributed by atoms with van der Waals surface area (Å²) in [6, 6.07) is 4.73. The predicted octanol–water partition coefficient (Wildman–Crippen LogP) is 2.73. The number of nitrogens with one attached hydrogen (secondary N) is 1. The van der Waals surface area contributed by atoms with E-state index in [0.29, 0.717) is 5.46 Å². The third-order valence-electron chi connectivity index (χ3n) is 5.69. The summed E-state index contributed by atoms with van der Waals surface area (Å²) in [5, 5.41) is 3.08. The van der Waals surface area contributed by atoms with Crippen LogP contribution in [0.25, 0.3) is 0 Å². The molecule has 2 aliphatic rings. The molecule has 6 heteroatoms. The summed E-state index contributed by atoms with van der Waals surface area (Å²) in [7, 11) is -0.671. The molecule has 2 fully saturated rings. The Morgan fingerprint density at radius 1 is 1.20 bits per heavy atom. The fourth-order valence-corrected chi connectivity index (χ4v) is 3.44. The van der Waals surface area contributed by atoms with Crippen LogP contribution in [0.4, 0.5) is 4.39 Å². The highest BCUT2D eigenvalue weighted by Gasteiger charge is 2.52. The van der Waals surface area contributed by atoms with Crippen molar-refractivity contribution in [2.24, 2.45) is 0 Å². The fraction of sp³-hybridized carbons (Fsp3) is 0.632. The molecule has 1 aromatic carbocycles.